The van der Waals surface area contributed by atoms with Gasteiger partial charge in [-0.1, -0.05) is 56.3 Å². The Labute approximate surface area is 205 Å². The van der Waals surface area contributed by atoms with Crippen LogP contribution in [0.1, 0.15) is 37.4 Å². The van der Waals surface area contributed by atoms with Crippen molar-refractivity contribution in [2.45, 2.75) is 32.3 Å². The molecule has 180 valence electrons. The van der Waals surface area contributed by atoms with Crippen molar-refractivity contribution in [1.82, 2.24) is 4.98 Å². The SMILES string of the molecule is CO[P+](=O)CC(O)CC(=O)OC#Cc1c(-c2ccc(F)cc2)cc(-c2ccccc2)nc1C(C)C. The second-order valence-electron chi connectivity index (χ2n) is 8.10. The molecule has 3 aromatic rings. The van der Waals surface area contributed by atoms with Crippen LogP contribution in [-0.2, 0) is 18.6 Å². The fraction of sp³-hybridized carbons (Fsp3) is 0.259. The third-order valence-corrected chi connectivity index (χ3v) is 6.25. The molecule has 3 rings (SSSR count). The van der Waals surface area contributed by atoms with Crippen molar-refractivity contribution in [2.75, 3.05) is 13.3 Å². The molecule has 0 saturated carbocycles. The van der Waals surface area contributed by atoms with Gasteiger partial charge in [0.1, 0.15) is 18.0 Å². The lowest BCUT2D eigenvalue weighted by molar-refractivity contribution is -0.138. The van der Waals surface area contributed by atoms with Crippen LogP contribution in [0.2, 0.25) is 0 Å². The maximum Gasteiger partial charge on any atom is 0.510 e. The summed E-state index contributed by atoms with van der Waals surface area (Å²) < 4.78 is 34.6. The Balaban J connectivity index is 1.99. The molecule has 6 nitrogen and oxygen atoms in total. The van der Waals surface area contributed by atoms with E-state index in [1.165, 1.54) is 19.2 Å². The molecule has 35 heavy (non-hydrogen) atoms. The average molecular weight is 494 g/mol. The molecule has 1 aromatic heterocycles. The Morgan fingerprint density at radius 3 is 2.43 bits per heavy atom. The Morgan fingerprint density at radius 2 is 1.80 bits per heavy atom. The van der Waals surface area contributed by atoms with Gasteiger partial charge in [0, 0.05) is 11.1 Å². The van der Waals surface area contributed by atoms with Gasteiger partial charge in [0.15, 0.2) is 0 Å². The van der Waals surface area contributed by atoms with E-state index in [1.807, 2.05) is 50.2 Å². The zero-order valence-corrected chi connectivity index (χ0v) is 20.6. The molecule has 0 aliphatic rings. The highest BCUT2D eigenvalue weighted by molar-refractivity contribution is 7.39. The second-order valence-corrected chi connectivity index (χ2v) is 9.50. The number of esters is 1. The van der Waals surface area contributed by atoms with Crippen molar-refractivity contribution in [3.63, 3.8) is 0 Å². The monoisotopic (exact) mass is 494 g/mol. The van der Waals surface area contributed by atoms with E-state index >= 15 is 0 Å². The van der Waals surface area contributed by atoms with E-state index in [1.54, 1.807) is 12.1 Å². The number of hydrogen-bond acceptors (Lipinski definition) is 6. The third-order valence-electron chi connectivity index (χ3n) is 5.13. The first-order valence-electron chi connectivity index (χ1n) is 11.0. The summed E-state index contributed by atoms with van der Waals surface area (Å²) in [5.74, 6) is 1.78. The van der Waals surface area contributed by atoms with Crippen molar-refractivity contribution >= 4 is 14.0 Å². The molecule has 0 amide bonds. The van der Waals surface area contributed by atoms with Crippen LogP contribution in [0.5, 0.6) is 0 Å². The molecule has 0 saturated heterocycles. The molecule has 8 heteroatoms. The topological polar surface area (TPSA) is 85.7 Å². The molecule has 1 N–H and O–H groups in total. The predicted octanol–water partition coefficient (Wildman–Crippen LogP) is 5.67. The van der Waals surface area contributed by atoms with Gasteiger partial charge >= 0.3 is 14.0 Å². The summed E-state index contributed by atoms with van der Waals surface area (Å²) in [6.45, 7) is 3.96. The predicted molar refractivity (Wildman–Crippen MR) is 132 cm³/mol. The van der Waals surface area contributed by atoms with E-state index in [4.69, 9.17) is 9.72 Å². The fourth-order valence-electron chi connectivity index (χ4n) is 3.41. The molecule has 0 spiro atoms. The molecule has 0 aliphatic carbocycles. The van der Waals surface area contributed by atoms with Crippen LogP contribution in [0.25, 0.3) is 22.4 Å². The van der Waals surface area contributed by atoms with Gasteiger partial charge in [0.25, 0.3) is 0 Å². The number of carbonyl (C=O) groups is 1. The summed E-state index contributed by atoms with van der Waals surface area (Å²) in [6, 6.07) is 17.6. The minimum atomic E-state index is -2.04. The lowest BCUT2D eigenvalue weighted by atomic mass is 9.93. The van der Waals surface area contributed by atoms with Crippen LogP contribution in [0, 0.1) is 17.8 Å². The minimum absolute atomic E-state index is 0.00923. The Kier molecular flexibility index (Phi) is 9.22. The van der Waals surface area contributed by atoms with E-state index in [9.17, 15) is 18.9 Å². The smallest absolute Gasteiger partial charge is 0.388 e. The first-order valence-corrected chi connectivity index (χ1v) is 12.4. The molecule has 2 unspecified atom stereocenters. The number of rotatable bonds is 8. The van der Waals surface area contributed by atoms with E-state index in [0.29, 0.717) is 11.3 Å². The number of aliphatic hydroxyl groups excluding tert-OH is 1. The maximum absolute atomic E-state index is 13.6. The molecule has 0 aliphatic heterocycles. The largest absolute Gasteiger partial charge is 0.510 e. The second kappa shape index (κ2) is 12.3. The van der Waals surface area contributed by atoms with Crippen LogP contribution in [-0.4, -0.2) is 35.4 Å². The van der Waals surface area contributed by atoms with Crippen LogP contribution in [0.15, 0.2) is 60.7 Å². The number of aromatic nitrogens is 1. The number of halogens is 1. The van der Waals surface area contributed by atoms with E-state index in [2.05, 4.69) is 16.6 Å². The van der Waals surface area contributed by atoms with Gasteiger partial charge in [0.2, 0.25) is 6.16 Å². The minimum Gasteiger partial charge on any atom is -0.388 e. The molecule has 2 atom stereocenters. The van der Waals surface area contributed by atoms with Gasteiger partial charge in [-0.05, 0) is 40.2 Å². The summed E-state index contributed by atoms with van der Waals surface area (Å²) in [5.41, 5.74) is 4.39. The van der Waals surface area contributed by atoms with E-state index in [-0.39, 0.29) is 24.3 Å². The van der Waals surface area contributed by atoms with Crippen molar-refractivity contribution < 1.29 is 28.1 Å². The number of benzene rings is 2. The highest BCUT2D eigenvalue weighted by atomic mass is 31.1. The molecular formula is C27H26FNO5P+. The molecule has 0 radical (unpaired) electrons. The number of carbonyl (C=O) groups excluding carboxylic acids is 1. The Morgan fingerprint density at radius 1 is 1.11 bits per heavy atom. The highest BCUT2D eigenvalue weighted by Crippen LogP contribution is 2.33. The van der Waals surface area contributed by atoms with E-state index in [0.717, 1.165) is 22.4 Å². The molecule has 1 heterocycles. The zero-order valence-electron chi connectivity index (χ0n) is 19.7. The molecule has 2 aromatic carbocycles. The first kappa shape index (κ1) is 26.2. The summed E-state index contributed by atoms with van der Waals surface area (Å²) in [5, 5.41) is 9.85. The zero-order chi connectivity index (χ0) is 25.4. The van der Waals surface area contributed by atoms with Gasteiger partial charge in [-0.15, -0.1) is 4.52 Å². The van der Waals surface area contributed by atoms with Crippen LogP contribution in [0.4, 0.5) is 4.39 Å². The van der Waals surface area contributed by atoms with Crippen LogP contribution < -0.4 is 0 Å². The third kappa shape index (κ3) is 7.27. The number of pyridine rings is 1. The fourth-order valence-corrected chi connectivity index (χ4v) is 4.03. The van der Waals surface area contributed by atoms with Gasteiger partial charge in [0.05, 0.1) is 30.5 Å². The number of ether oxygens (including phenoxy) is 1. The number of aliphatic hydroxyl groups is 1. The average Bonchev–Trinajstić information content (AvgIpc) is 2.84. The van der Waals surface area contributed by atoms with Gasteiger partial charge < -0.3 is 9.84 Å². The van der Waals surface area contributed by atoms with Crippen LogP contribution in [0.3, 0.4) is 0 Å². The van der Waals surface area contributed by atoms with Crippen LogP contribution >= 0.6 is 8.03 Å². The maximum atomic E-state index is 13.6. The summed E-state index contributed by atoms with van der Waals surface area (Å²) in [4.78, 5) is 16.9. The number of hydrogen-bond donors (Lipinski definition) is 1. The standard InChI is InChI=1S/C27H26FNO5P/c1-18(2)27-23(13-14-34-26(31)15-22(30)17-35(32)33-3)24(19-9-11-21(28)12-10-19)16-25(29-27)20-7-5-4-6-8-20/h4-12,16,18,22,30H,15,17H2,1-3H3/q+1. The quantitative estimate of drug-likeness (QED) is 0.247. The normalized spacial score (nSPS) is 12.0. The highest BCUT2D eigenvalue weighted by Gasteiger charge is 2.24. The van der Waals surface area contributed by atoms with Crippen molar-refractivity contribution in [3.8, 4) is 34.4 Å². The lowest BCUT2D eigenvalue weighted by Crippen LogP contribution is -2.16. The van der Waals surface area contributed by atoms with Gasteiger partial charge in [-0.25, -0.2) is 4.39 Å². The van der Waals surface area contributed by atoms with Crippen molar-refractivity contribution in [3.05, 3.63) is 77.7 Å². The van der Waals surface area contributed by atoms with Crippen molar-refractivity contribution in [2.24, 2.45) is 0 Å². The Bertz CT molecular complexity index is 1250. The van der Waals surface area contributed by atoms with Gasteiger partial charge in [-0.2, -0.15) is 0 Å². The molecule has 0 fully saturated rings. The molecular weight excluding hydrogens is 468 g/mol. The first-order chi connectivity index (χ1) is 16.8. The Hall–Kier alpha value is -3.43. The van der Waals surface area contributed by atoms with E-state index < -0.39 is 20.1 Å². The lowest BCUT2D eigenvalue weighted by Gasteiger charge is -2.15. The van der Waals surface area contributed by atoms with Gasteiger partial charge in [-0.3, -0.25) is 9.78 Å². The summed E-state index contributed by atoms with van der Waals surface area (Å²) in [7, 11) is -0.782. The van der Waals surface area contributed by atoms with Crippen molar-refractivity contribution in [1.29, 1.82) is 0 Å². The summed E-state index contributed by atoms with van der Waals surface area (Å²) in [6.07, 6.45) is 0.711. The summed E-state index contributed by atoms with van der Waals surface area (Å²) >= 11 is 0. The molecule has 0 bridgehead atoms. The number of nitrogens with zero attached hydrogens (tertiary/aromatic N) is 1.